The predicted molar refractivity (Wildman–Crippen MR) is 77.8 cm³/mol. The molecule has 1 N–H and O–H groups in total. The van der Waals surface area contributed by atoms with Crippen LogP contribution in [-0.4, -0.2) is 34.3 Å². The Balaban J connectivity index is 2.26. The fourth-order valence-corrected chi connectivity index (χ4v) is 2.88. The maximum atomic E-state index is 9.00. The molecule has 0 amide bonds. The van der Waals surface area contributed by atoms with E-state index in [0.29, 0.717) is 11.2 Å². The largest absolute Gasteiger partial charge is 0.396 e. The zero-order valence-corrected chi connectivity index (χ0v) is 12.4. The van der Waals surface area contributed by atoms with E-state index >= 15 is 0 Å². The molecule has 1 aromatic rings. The first-order valence-electron chi connectivity index (χ1n) is 7.07. The van der Waals surface area contributed by atoms with Crippen LogP contribution >= 0.6 is 11.6 Å². The molecule has 1 fully saturated rings. The van der Waals surface area contributed by atoms with Crippen LogP contribution in [0.3, 0.4) is 0 Å². The lowest BCUT2D eigenvalue weighted by atomic mass is 10.1. The molecule has 0 bridgehead atoms. The van der Waals surface area contributed by atoms with Crippen LogP contribution in [0.4, 0.5) is 5.82 Å². The second-order valence-electron chi connectivity index (χ2n) is 5.09. The van der Waals surface area contributed by atoms with Crippen LogP contribution in [0, 0.1) is 6.92 Å². The molecule has 0 aromatic carbocycles. The van der Waals surface area contributed by atoms with Crippen molar-refractivity contribution in [2.24, 2.45) is 0 Å². The summed E-state index contributed by atoms with van der Waals surface area (Å²) in [6.45, 7) is 5.30. The summed E-state index contributed by atoms with van der Waals surface area (Å²) >= 11 is 6.21. The average Bonchev–Trinajstić information content (AvgIpc) is 2.87. The SMILES string of the molecule is CCc1nc(Cl)c(C)c(N2CCCC2CCCO)n1. The second-order valence-corrected chi connectivity index (χ2v) is 5.45. The van der Waals surface area contributed by atoms with Crippen molar-refractivity contribution in [3.8, 4) is 0 Å². The lowest BCUT2D eigenvalue weighted by Crippen LogP contribution is -2.31. The number of aryl methyl sites for hydroxylation is 1. The minimum Gasteiger partial charge on any atom is -0.396 e. The van der Waals surface area contributed by atoms with Crippen molar-refractivity contribution in [2.45, 2.75) is 52.0 Å². The third kappa shape index (κ3) is 3.18. The maximum Gasteiger partial charge on any atom is 0.137 e. The molecule has 19 heavy (non-hydrogen) atoms. The Labute approximate surface area is 119 Å². The van der Waals surface area contributed by atoms with Gasteiger partial charge in [0.15, 0.2) is 0 Å². The number of halogens is 1. The zero-order valence-electron chi connectivity index (χ0n) is 11.7. The van der Waals surface area contributed by atoms with Crippen molar-refractivity contribution in [1.29, 1.82) is 0 Å². The molecule has 106 valence electrons. The standard InChI is InChI=1S/C14H22ClN3O/c1-3-12-16-13(15)10(2)14(17-12)18-8-4-6-11(18)7-5-9-19/h11,19H,3-9H2,1-2H3. The van der Waals surface area contributed by atoms with Crippen molar-refractivity contribution in [3.63, 3.8) is 0 Å². The molecule has 1 saturated heterocycles. The summed E-state index contributed by atoms with van der Waals surface area (Å²) in [4.78, 5) is 11.3. The van der Waals surface area contributed by atoms with Crippen LogP contribution in [0.15, 0.2) is 0 Å². The molecule has 0 saturated carbocycles. The first kappa shape index (κ1) is 14.5. The molecule has 4 nitrogen and oxygen atoms in total. The molecule has 2 rings (SSSR count). The zero-order chi connectivity index (χ0) is 13.8. The molecule has 1 unspecified atom stereocenters. The van der Waals surface area contributed by atoms with Gasteiger partial charge in [-0.3, -0.25) is 0 Å². The summed E-state index contributed by atoms with van der Waals surface area (Å²) in [5.41, 5.74) is 0.967. The summed E-state index contributed by atoms with van der Waals surface area (Å²) in [5, 5.41) is 9.56. The third-order valence-electron chi connectivity index (χ3n) is 3.77. The number of aromatic nitrogens is 2. The van der Waals surface area contributed by atoms with Crippen LogP contribution < -0.4 is 4.90 Å². The van der Waals surface area contributed by atoms with E-state index in [1.807, 2.05) is 13.8 Å². The maximum absolute atomic E-state index is 9.00. The van der Waals surface area contributed by atoms with Gasteiger partial charge in [0.05, 0.1) is 0 Å². The summed E-state index contributed by atoms with van der Waals surface area (Å²) in [5.74, 6) is 1.79. The first-order valence-corrected chi connectivity index (χ1v) is 7.45. The van der Waals surface area contributed by atoms with E-state index in [1.165, 1.54) is 12.8 Å². The molecular formula is C14H22ClN3O. The van der Waals surface area contributed by atoms with Gasteiger partial charge in [-0.1, -0.05) is 18.5 Å². The molecule has 1 atom stereocenters. The van der Waals surface area contributed by atoms with E-state index in [4.69, 9.17) is 16.7 Å². The molecule has 1 aliphatic rings. The average molecular weight is 284 g/mol. The van der Waals surface area contributed by atoms with Crippen LogP contribution in [0.5, 0.6) is 0 Å². The highest BCUT2D eigenvalue weighted by Gasteiger charge is 2.27. The summed E-state index contributed by atoms with van der Waals surface area (Å²) in [7, 11) is 0. The Morgan fingerprint density at radius 3 is 2.89 bits per heavy atom. The Hall–Kier alpha value is -0.870. The van der Waals surface area contributed by atoms with Gasteiger partial charge in [-0.05, 0) is 32.6 Å². The number of aliphatic hydroxyl groups is 1. The highest BCUT2D eigenvalue weighted by molar-refractivity contribution is 6.30. The van der Waals surface area contributed by atoms with Gasteiger partial charge in [-0.25, -0.2) is 9.97 Å². The van der Waals surface area contributed by atoms with Crippen molar-refractivity contribution >= 4 is 17.4 Å². The van der Waals surface area contributed by atoms with E-state index in [0.717, 1.165) is 43.0 Å². The Kier molecular flexibility index (Phi) is 4.99. The van der Waals surface area contributed by atoms with Crippen LogP contribution in [0.1, 0.15) is 44.0 Å². The quantitative estimate of drug-likeness (QED) is 0.844. The van der Waals surface area contributed by atoms with E-state index in [1.54, 1.807) is 0 Å². The number of aliphatic hydroxyl groups excluding tert-OH is 1. The minimum absolute atomic E-state index is 0.258. The van der Waals surface area contributed by atoms with Crippen LogP contribution in [0.2, 0.25) is 5.15 Å². The Morgan fingerprint density at radius 1 is 1.42 bits per heavy atom. The smallest absolute Gasteiger partial charge is 0.137 e. The minimum atomic E-state index is 0.258. The van der Waals surface area contributed by atoms with Crippen molar-refractivity contribution < 1.29 is 5.11 Å². The molecule has 2 heterocycles. The van der Waals surface area contributed by atoms with Crippen LogP contribution in [0.25, 0.3) is 0 Å². The predicted octanol–water partition coefficient (Wildman–Crippen LogP) is 2.74. The highest BCUT2D eigenvalue weighted by Crippen LogP contribution is 2.31. The third-order valence-corrected chi connectivity index (χ3v) is 4.14. The lowest BCUT2D eigenvalue weighted by Gasteiger charge is -2.27. The molecule has 0 aliphatic carbocycles. The monoisotopic (exact) mass is 283 g/mol. The molecule has 1 aromatic heterocycles. The Morgan fingerprint density at radius 2 is 2.21 bits per heavy atom. The molecule has 0 radical (unpaired) electrons. The number of anilines is 1. The molecule has 1 aliphatic heterocycles. The van der Waals surface area contributed by atoms with Gasteiger partial charge < -0.3 is 10.0 Å². The van der Waals surface area contributed by atoms with Gasteiger partial charge in [-0.15, -0.1) is 0 Å². The second kappa shape index (κ2) is 6.53. The molecule has 0 spiro atoms. The molecule has 5 heteroatoms. The van der Waals surface area contributed by atoms with Gasteiger partial charge in [0.25, 0.3) is 0 Å². The highest BCUT2D eigenvalue weighted by atomic mass is 35.5. The fraction of sp³-hybridized carbons (Fsp3) is 0.714. The van der Waals surface area contributed by atoms with Crippen molar-refractivity contribution in [3.05, 3.63) is 16.5 Å². The van der Waals surface area contributed by atoms with Gasteiger partial charge in [0.1, 0.15) is 16.8 Å². The number of rotatable bonds is 5. The van der Waals surface area contributed by atoms with Gasteiger partial charge in [0, 0.05) is 31.2 Å². The van der Waals surface area contributed by atoms with Crippen LogP contribution in [-0.2, 0) is 6.42 Å². The normalized spacial score (nSPS) is 19.2. The van der Waals surface area contributed by atoms with E-state index in [2.05, 4.69) is 14.9 Å². The molecular weight excluding hydrogens is 262 g/mol. The first-order chi connectivity index (χ1) is 9.17. The summed E-state index contributed by atoms with van der Waals surface area (Å²) < 4.78 is 0. The topological polar surface area (TPSA) is 49.2 Å². The number of nitrogens with zero attached hydrogens (tertiary/aromatic N) is 3. The van der Waals surface area contributed by atoms with Gasteiger partial charge in [-0.2, -0.15) is 0 Å². The lowest BCUT2D eigenvalue weighted by molar-refractivity contribution is 0.279. The van der Waals surface area contributed by atoms with Gasteiger partial charge in [0.2, 0.25) is 0 Å². The number of hydrogen-bond acceptors (Lipinski definition) is 4. The van der Waals surface area contributed by atoms with Gasteiger partial charge >= 0.3 is 0 Å². The summed E-state index contributed by atoms with van der Waals surface area (Å²) in [6.07, 6.45) is 5.00. The number of hydrogen-bond donors (Lipinski definition) is 1. The van der Waals surface area contributed by atoms with Crippen molar-refractivity contribution in [1.82, 2.24) is 9.97 Å². The van der Waals surface area contributed by atoms with Crippen molar-refractivity contribution in [2.75, 3.05) is 18.1 Å². The van der Waals surface area contributed by atoms with E-state index in [-0.39, 0.29) is 6.61 Å². The summed E-state index contributed by atoms with van der Waals surface area (Å²) in [6, 6.07) is 0.474. The van der Waals surface area contributed by atoms with E-state index < -0.39 is 0 Å². The fourth-order valence-electron chi connectivity index (χ4n) is 2.70. The van der Waals surface area contributed by atoms with E-state index in [9.17, 15) is 0 Å². The Bertz CT molecular complexity index is 439.